The summed E-state index contributed by atoms with van der Waals surface area (Å²) >= 11 is 0. The molecule has 22 heavy (non-hydrogen) atoms. The number of fused-ring (bicyclic) bond motifs is 2. The van der Waals surface area contributed by atoms with Crippen LogP contribution in [0.5, 0.6) is 0 Å². The lowest BCUT2D eigenvalue weighted by Crippen LogP contribution is -2.58. The molecule has 0 bridgehead atoms. The molecule has 7 heteroatoms. The van der Waals surface area contributed by atoms with Gasteiger partial charge < -0.3 is 15.4 Å². The van der Waals surface area contributed by atoms with Gasteiger partial charge in [0.1, 0.15) is 17.7 Å². The normalized spacial score (nSPS) is 37.9. The number of nitrogens with two attached hydrogens (primary N) is 1. The lowest BCUT2D eigenvalue weighted by Gasteiger charge is -2.39. The first-order valence-electron chi connectivity index (χ1n) is 7.29. The molecule has 0 radical (unpaired) electrons. The van der Waals surface area contributed by atoms with Crippen LogP contribution in [0.2, 0.25) is 0 Å². The van der Waals surface area contributed by atoms with Gasteiger partial charge in [-0.2, -0.15) is 0 Å². The van der Waals surface area contributed by atoms with Crippen LogP contribution in [0.15, 0.2) is 18.2 Å². The highest BCUT2D eigenvalue weighted by Crippen LogP contribution is 2.73. The van der Waals surface area contributed by atoms with Crippen molar-refractivity contribution >= 4 is 23.4 Å². The molecule has 3 aliphatic heterocycles. The molecule has 1 aromatic rings. The van der Waals surface area contributed by atoms with E-state index in [-0.39, 0.29) is 30.4 Å². The van der Waals surface area contributed by atoms with E-state index in [0.717, 1.165) is 5.56 Å². The molecule has 3 fully saturated rings. The van der Waals surface area contributed by atoms with E-state index in [2.05, 4.69) is 5.32 Å². The maximum absolute atomic E-state index is 12.8. The molecule has 1 aliphatic carbocycles. The summed E-state index contributed by atoms with van der Waals surface area (Å²) in [5, 5.41) is 2.31. The van der Waals surface area contributed by atoms with Crippen LogP contribution in [-0.4, -0.2) is 40.8 Å². The van der Waals surface area contributed by atoms with Crippen molar-refractivity contribution in [3.8, 4) is 0 Å². The van der Waals surface area contributed by atoms with Gasteiger partial charge in [0, 0.05) is 23.2 Å². The average Bonchev–Trinajstić information content (AvgIpc) is 3.33. The minimum atomic E-state index is -0.613. The zero-order valence-electron chi connectivity index (χ0n) is 11.5. The predicted molar refractivity (Wildman–Crippen MR) is 73.5 cm³/mol. The molecule has 5 rings (SSSR count). The number of nitrogens with one attached hydrogen (secondary N) is 1. The highest BCUT2D eigenvalue weighted by molar-refractivity contribution is 6.06. The van der Waals surface area contributed by atoms with E-state index < -0.39 is 17.6 Å². The molecule has 3 heterocycles. The van der Waals surface area contributed by atoms with E-state index in [1.165, 1.54) is 0 Å². The Hall–Kier alpha value is -2.41. The van der Waals surface area contributed by atoms with Crippen LogP contribution < -0.4 is 11.1 Å². The largest absolute Gasteiger partial charge is 0.398 e. The molecule has 3 N–H and O–H groups in total. The van der Waals surface area contributed by atoms with E-state index in [1.807, 2.05) is 0 Å². The minimum Gasteiger partial charge on any atom is -0.398 e. The fourth-order valence-corrected chi connectivity index (χ4v) is 3.99. The number of nitrogens with zero attached hydrogens (tertiary/aromatic N) is 1. The number of epoxide rings is 1. The SMILES string of the molecule is Nc1cccc2c1[C@@]13OC1[C@@H]3N(C1CCC(=O)NC1=O)C2=O. The number of nitrogen functional groups attached to an aromatic ring is 1. The highest BCUT2D eigenvalue weighted by Gasteiger charge is 2.89. The molecule has 4 atom stereocenters. The van der Waals surface area contributed by atoms with Crippen molar-refractivity contribution in [1.82, 2.24) is 10.2 Å². The van der Waals surface area contributed by atoms with E-state index in [9.17, 15) is 14.4 Å². The fourth-order valence-electron chi connectivity index (χ4n) is 3.99. The Bertz CT molecular complexity index is 776. The van der Waals surface area contributed by atoms with Gasteiger partial charge in [-0.3, -0.25) is 19.7 Å². The summed E-state index contributed by atoms with van der Waals surface area (Å²) in [6.45, 7) is 0. The number of piperidine rings is 1. The Labute approximate surface area is 125 Å². The number of rotatable bonds is 1. The van der Waals surface area contributed by atoms with Crippen molar-refractivity contribution in [2.24, 2.45) is 0 Å². The molecule has 2 unspecified atom stereocenters. The van der Waals surface area contributed by atoms with Gasteiger partial charge in [-0.15, -0.1) is 0 Å². The molecule has 1 saturated carbocycles. The molecular weight excluding hydrogens is 286 g/mol. The van der Waals surface area contributed by atoms with Gasteiger partial charge in [-0.25, -0.2) is 0 Å². The van der Waals surface area contributed by atoms with Crippen LogP contribution in [0.4, 0.5) is 5.69 Å². The van der Waals surface area contributed by atoms with Crippen molar-refractivity contribution in [2.45, 2.75) is 36.6 Å². The Morgan fingerprint density at radius 2 is 2.14 bits per heavy atom. The summed E-state index contributed by atoms with van der Waals surface area (Å²) in [4.78, 5) is 37.9. The summed E-state index contributed by atoms with van der Waals surface area (Å²) in [5.74, 6) is -0.899. The molecule has 0 aromatic heterocycles. The van der Waals surface area contributed by atoms with Gasteiger partial charge in [0.2, 0.25) is 11.8 Å². The highest BCUT2D eigenvalue weighted by atomic mass is 16.7. The Balaban J connectivity index is 1.59. The summed E-state index contributed by atoms with van der Waals surface area (Å²) in [7, 11) is 0. The smallest absolute Gasteiger partial charge is 0.255 e. The van der Waals surface area contributed by atoms with Crippen LogP contribution in [0.1, 0.15) is 28.8 Å². The van der Waals surface area contributed by atoms with Crippen molar-refractivity contribution in [1.29, 1.82) is 0 Å². The third-order valence-corrected chi connectivity index (χ3v) is 5.10. The molecule has 1 spiro atoms. The molecule has 1 aromatic carbocycles. The van der Waals surface area contributed by atoms with Crippen molar-refractivity contribution in [3.63, 3.8) is 0 Å². The minimum absolute atomic E-state index is 0.0761. The fraction of sp³-hybridized carbons (Fsp3) is 0.400. The maximum atomic E-state index is 12.8. The first kappa shape index (κ1) is 12.2. The second-order valence-electron chi connectivity index (χ2n) is 6.23. The van der Waals surface area contributed by atoms with Gasteiger partial charge in [-0.1, -0.05) is 6.07 Å². The summed E-state index contributed by atoms with van der Waals surface area (Å²) in [6.07, 6.45) is 0.524. The van der Waals surface area contributed by atoms with Gasteiger partial charge in [0.25, 0.3) is 5.91 Å². The predicted octanol–water partition coefficient (Wildman–Crippen LogP) is -0.494. The van der Waals surface area contributed by atoms with Crippen LogP contribution in [0, 0.1) is 0 Å². The number of benzene rings is 1. The van der Waals surface area contributed by atoms with Gasteiger partial charge in [0.15, 0.2) is 0 Å². The monoisotopic (exact) mass is 299 g/mol. The number of carbonyl (C=O) groups is 3. The molecule has 7 nitrogen and oxygen atoms in total. The number of amides is 3. The van der Waals surface area contributed by atoms with E-state index in [1.54, 1.807) is 23.1 Å². The van der Waals surface area contributed by atoms with E-state index in [4.69, 9.17) is 10.5 Å². The first-order valence-corrected chi connectivity index (χ1v) is 7.29. The summed E-state index contributed by atoms with van der Waals surface area (Å²) < 4.78 is 5.66. The number of carbonyl (C=O) groups excluding carboxylic acids is 3. The third kappa shape index (κ3) is 1.20. The molecular formula is C15H13N3O4. The second kappa shape index (κ2) is 3.49. The summed E-state index contributed by atoms with van der Waals surface area (Å²) in [5.41, 5.74) is 7.33. The second-order valence-corrected chi connectivity index (χ2v) is 6.23. The number of hydrogen-bond acceptors (Lipinski definition) is 5. The zero-order valence-corrected chi connectivity index (χ0v) is 11.5. The zero-order chi connectivity index (χ0) is 15.2. The van der Waals surface area contributed by atoms with Crippen LogP contribution in [-0.2, 0) is 19.9 Å². The quantitative estimate of drug-likeness (QED) is 0.413. The lowest BCUT2D eigenvalue weighted by atomic mass is 9.92. The first-order chi connectivity index (χ1) is 10.6. The molecule has 2 saturated heterocycles. The summed E-state index contributed by atoms with van der Waals surface area (Å²) in [6, 6.07) is 4.45. The molecule has 112 valence electrons. The van der Waals surface area contributed by atoms with Gasteiger partial charge in [0.05, 0.1) is 6.04 Å². The topological polar surface area (TPSA) is 105 Å². The van der Waals surface area contributed by atoms with Crippen molar-refractivity contribution < 1.29 is 19.1 Å². The number of imide groups is 1. The Morgan fingerprint density at radius 3 is 2.86 bits per heavy atom. The average molecular weight is 299 g/mol. The van der Waals surface area contributed by atoms with Gasteiger partial charge >= 0.3 is 0 Å². The third-order valence-electron chi connectivity index (χ3n) is 5.10. The number of anilines is 1. The van der Waals surface area contributed by atoms with Crippen LogP contribution >= 0.6 is 0 Å². The maximum Gasteiger partial charge on any atom is 0.255 e. The number of hydrogen-bond donors (Lipinski definition) is 2. The standard InChI is InChI=1S/C15H13N3O4/c16-7-3-1-2-6-10(7)15-11(12(15)22-15)18(14(6)21)8-4-5-9(19)17-13(8)20/h1-3,8,11-12H,4-5,16H2,(H,17,19,20)/t8?,11-,12?,15-/m0/s1. The van der Waals surface area contributed by atoms with E-state index in [0.29, 0.717) is 17.7 Å². The van der Waals surface area contributed by atoms with Crippen LogP contribution in [0.25, 0.3) is 0 Å². The Morgan fingerprint density at radius 1 is 1.32 bits per heavy atom. The number of ether oxygens (including phenoxy) is 1. The molecule has 4 aliphatic rings. The molecule has 3 amide bonds. The van der Waals surface area contributed by atoms with E-state index >= 15 is 0 Å². The Kier molecular flexibility index (Phi) is 1.93. The van der Waals surface area contributed by atoms with Crippen molar-refractivity contribution in [2.75, 3.05) is 5.73 Å². The van der Waals surface area contributed by atoms with Crippen LogP contribution in [0.3, 0.4) is 0 Å². The lowest BCUT2D eigenvalue weighted by molar-refractivity contribution is -0.137. The van der Waals surface area contributed by atoms with Crippen molar-refractivity contribution in [3.05, 3.63) is 29.3 Å². The van der Waals surface area contributed by atoms with Gasteiger partial charge in [-0.05, 0) is 18.6 Å².